The van der Waals surface area contributed by atoms with Crippen LogP contribution in [0, 0.1) is 11.3 Å². The van der Waals surface area contributed by atoms with Crippen LogP contribution in [0.15, 0.2) is 18.2 Å². The van der Waals surface area contributed by atoms with Gasteiger partial charge in [-0.3, -0.25) is 4.79 Å². The molecular weight excluding hydrogens is 260 g/mol. The molecule has 0 saturated carbocycles. The number of carbonyl (C=O) groups is 2. The minimum absolute atomic E-state index is 0.113. The molecule has 1 aromatic heterocycles. The third-order valence-electron chi connectivity index (χ3n) is 2.47. The number of hydrogen-bond donors (Lipinski definition) is 2. The van der Waals surface area contributed by atoms with Crippen molar-refractivity contribution in [1.82, 2.24) is 9.97 Å². The molecule has 0 aliphatic rings. The van der Waals surface area contributed by atoms with Crippen molar-refractivity contribution in [3.8, 4) is 6.07 Å². The van der Waals surface area contributed by atoms with E-state index in [2.05, 4.69) is 15.3 Å². The number of ether oxygens (including phenoxy) is 1. The zero-order valence-corrected chi connectivity index (χ0v) is 10.8. The van der Waals surface area contributed by atoms with Gasteiger partial charge >= 0.3 is 5.97 Å². The zero-order valence-electron chi connectivity index (χ0n) is 10.8. The second-order valence-electron chi connectivity index (χ2n) is 3.92. The lowest BCUT2D eigenvalue weighted by atomic mass is 10.2. The third kappa shape index (κ3) is 2.92. The number of hydrogen-bond acceptors (Lipinski definition) is 5. The molecule has 102 valence electrons. The molecule has 0 aliphatic carbocycles. The molecule has 1 heterocycles. The highest BCUT2D eigenvalue weighted by molar-refractivity contribution is 5.95. The normalized spacial score (nSPS) is 10.0. The molecule has 0 atom stereocenters. The highest BCUT2D eigenvalue weighted by Gasteiger charge is 2.12. The lowest BCUT2D eigenvalue weighted by Gasteiger charge is -2.01. The Kier molecular flexibility index (Phi) is 3.96. The summed E-state index contributed by atoms with van der Waals surface area (Å²) < 4.78 is 4.85. The van der Waals surface area contributed by atoms with Crippen LogP contribution in [0.4, 0.5) is 5.69 Å². The van der Waals surface area contributed by atoms with Gasteiger partial charge in [-0.15, -0.1) is 0 Å². The van der Waals surface area contributed by atoms with Crippen molar-refractivity contribution in [3.05, 3.63) is 24.0 Å². The van der Waals surface area contributed by atoms with E-state index in [9.17, 15) is 9.59 Å². The number of anilines is 1. The van der Waals surface area contributed by atoms with E-state index in [-0.39, 0.29) is 18.9 Å². The number of aromatic amines is 1. The molecule has 7 nitrogen and oxygen atoms in total. The summed E-state index contributed by atoms with van der Waals surface area (Å²) >= 11 is 0. The molecular formula is C13H12N4O3. The van der Waals surface area contributed by atoms with Gasteiger partial charge < -0.3 is 15.0 Å². The van der Waals surface area contributed by atoms with E-state index in [1.54, 1.807) is 31.2 Å². The SMILES string of the molecule is CCOC(=O)c1nc2ccc(NC(=O)CC#N)cc2[nH]1. The van der Waals surface area contributed by atoms with Crippen molar-refractivity contribution in [2.75, 3.05) is 11.9 Å². The molecule has 0 fully saturated rings. The Balaban J connectivity index is 2.24. The molecule has 0 saturated heterocycles. The van der Waals surface area contributed by atoms with Crippen LogP contribution in [0.3, 0.4) is 0 Å². The van der Waals surface area contributed by atoms with Gasteiger partial charge in [-0.2, -0.15) is 5.26 Å². The number of carbonyl (C=O) groups excluding carboxylic acids is 2. The number of fused-ring (bicyclic) bond motifs is 1. The molecule has 2 aromatic rings. The fraction of sp³-hybridized carbons (Fsp3) is 0.231. The van der Waals surface area contributed by atoms with Crippen LogP contribution < -0.4 is 5.32 Å². The highest BCUT2D eigenvalue weighted by atomic mass is 16.5. The van der Waals surface area contributed by atoms with E-state index in [4.69, 9.17) is 10.00 Å². The number of rotatable bonds is 4. The number of imidazole rings is 1. The smallest absolute Gasteiger partial charge is 0.374 e. The molecule has 0 aliphatic heterocycles. The van der Waals surface area contributed by atoms with Crippen molar-refractivity contribution >= 4 is 28.6 Å². The minimum atomic E-state index is -0.529. The Morgan fingerprint density at radius 3 is 3.00 bits per heavy atom. The largest absolute Gasteiger partial charge is 0.460 e. The maximum atomic E-state index is 11.5. The van der Waals surface area contributed by atoms with Crippen molar-refractivity contribution in [2.24, 2.45) is 0 Å². The standard InChI is InChI=1S/C13H12N4O3/c1-2-20-13(19)12-16-9-4-3-8(7-10(9)17-12)15-11(18)5-6-14/h3-4,7H,2,5H2,1H3,(H,15,18)(H,16,17). The second-order valence-corrected chi connectivity index (χ2v) is 3.92. The Bertz CT molecular complexity index is 699. The molecule has 0 spiro atoms. The first-order chi connectivity index (χ1) is 9.63. The van der Waals surface area contributed by atoms with Gasteiger partial charge in [-0.25, -0.2) is 9.78 Å². The van der Waals surface area contributed by atoms with Gasteiger partial charge in [-0.05, 0) is 25.1 Å². The molecule has 2 rings (SSSR count). The second kappa shape index (κ2) is 5.84. The quantitative estimate of drug-likeness (QED) is 0.822. The number of benzene rings is 1. The summed E-state index contributed by atoms with van der Waals surface area (Å²) in [6.07, 6.45) is -0.213. The lowest BCUT2D eigenvalue weighted by Crippen LogP contribution is -2.09. The van der Waals surface area contributed by atoms with Crippen LogP contribution in [0.5, 0.6) is 0 Å². The summed E-state index contributed by atoms with van der Waals surface area (Å²) in [5.41, 5.74) is 1.71. The first kappa shape index (κ1) is 13.5. The summed E-state index contributed by atoms with van der Waals surface area (Å²) in [5.74, 6) is -0.807. The van der Waals surface area contributed by atoms with Crippen LogP contribution in [-0.2, 0) is 9.53 Å². The molecule has 0 unspecified atom stereocenters. The van der Waals surface area contributed by atoms with Gasteiger partial charge in [0.25, 0.3) is 0 Å². The van der Waals surface area contributed by atoms with Crippen molar-refractivity contribution in [1.29, 1.82) is 5.26 Å². The van der Waals surface area contributed by atoms with Gasteiger partial charge in [0.15, 0.2) is 0 Å². The Morgan fingerprint density at radius 2 is 2.30 bits per heavy atom. The number of nitrogens with one attached hydrogen (secondary N) is 2. The van der Waals surface area contributed by atoms with E-state index in [1.807, 2.05) is 0 Å². The van der Waals surface area contributed by atoms with E-state index in [0.717, 1.165) is 0 Å². The van der Waals surface area contributed by atoms with E-state index >= 15 is 0 Å². The van der Waals surface area contributed by atoms with Crippen LogP contribution in [-0.4, -0.2) is 28.5 Å². The summed E-state index contributed by atoms with van der Waals surface area (Å²) in [6.45, 7) is 1.98. The van der Waals surface area contributed by atoms with Gasteiger partial charge in [0.1, 0.15) is 6.42 Å². The maximum Gasteiger partial charge on any atom is 0.374 e. The van der Waals surface area contributed by atoms with Crippen LogP contribution in [0.1, 0.15) is 24.0 Å². The van der Waals surface area contributed by atoms with Crippen molar-refractivity contribution in [3.63, 3.8) is 0 Å². The average Bonchev–Trinajstić information content (AvgIpc) is 2.82. The number of H-pyrrole nitrogens is 1. The van der Waals surface area contributed by atoms with Gasteiger partial charge in [0.05, 0.1) is 23.7 Å². The molecule has 0 radical (unpaired) electrons. The topological polar surface area (TPSA) is 108 Å². The number of nitrogens with zero attached hydrogens (tertiary/aromatic N) is 2. The average molecular weight is 272 g/mol. The number of nitriles is 1. The number of amides is 1. The van der Waals surface area contributed by atoms with Crippen LogP contribution in [0.25, 0.3) is 11.0 Å². The Labute approximate surface area is 114 Å². The summed E-state index contributed by atoms with van der Waals surface area (Å²) in [7, 11) is 0. The van der Waals surface area contributed by atoms with Gasteiger partial charge in [0.2, 0.25) is 11.7 Å². The first-order valence-corrected chi connectivity index (χ1v) is 5.97. The van der Waals surface area contributed by atoms with Crippen molar-refractivity contribution in [2.45, 2.75) is 13.3 Å². The summed E-state index contributed by atoms with van der Waals surface area (Å²) in [5, 5.41) is 11.0. The lowest BCUT2D eigenvalue weighted by molar-refractivity contribution is -0.115. The van der Waals surface area contributed by atoms with Crippen LogP contribution in [0.2, 0.25) is 0 Å². The predicted octanol–water partition coefficient (Wildman–Crippen LogP) is 1.59. The molecule has 1 aromatic carbocycles. The predicted molar refractivity (Wildman–Crippen MR) is 70.9 cm³/mol. The Hall–Kier alpha value is -2.88. The fourth-order valence-corrected chi connectivity index (χ4v) is 1.66. The fourth-order valence-electron chi connectivity index (χ4n) is 1.66. The van der Waals surface area contributed by atoms with Gasteiger partial charge in [0, 0.05) is 5.69 Å². The Morgan fingerprint density at radius 1 is 1.50 bits per heavy atom. The summed E-state index contributed by atoms with van der Waals surface area (Å²) in [4.78, 5) is 29.8. The first-order valence-electron chi connectivity index (χ1n) is 5.97. The molecule has 2 N–H and O–H groups in total. The monoisotopic (exact) mass is 272 g/mol. The van der Waals surface area contributed by atoms with E-state index in [1.165, 1.54) is 0 Å². The van der Waals surface area contributed by atoms with E-state index in [0.29, 0.717) is 16.7 Å². The number of esters is 1. The van der Waals surface area contributed by atoms with Crippen molar-refractivity contribution < 1.29 is 14.3 Å². The third-order valence-corrected chi connectivity index (χ3v) is 2.47. The van der Waals surface area contributed by atoms with Gasteiger partial charge in [-0.1, -0.05) is 0 Å². The van der Waals surface area contributed by atoms with E-state index < -0.39 is 11.9 Å². The molecule has 0 bridgehead atoms. The van der Waals surface area contributed by atoms with Crippen LogP contribution >= 0.6 is 0 Å². The maximum absolute atomic E-state index is 11.5. The minimum Gasteiger partial charge on any atom is -0.460 e. The zero-order chi connectivity index (χ0) is 14.5. The highest BCUT2D eigenvalue weighted by Crippen LogP contribution is 2.17. The summed E-state index contributed by atoms with van der Waals surface area (Å²) in [6, 6.07) is 6.71. The molecule has 20 heavy (non-hydrogen) atoms. The molecule has 1 amide bonds. The number of aromatic nitrogens is 2. The molecule has 7 heteroatoms.